The summed E-state index contributed by atoms with van der Waals surface area (Å²) in [6, 6.07) is 0. The van der Waals surface area contributed by atoms with Gasteiger partial charge in [-0.25, -0.2) is 8.42 Å². The number of nitrogens with one attached hydrogen (secondary N) is 1. The number of hydrogen-bond acceptors (Lipinski definition) is 3. The van der Waals surface area contributed by atoms with E-state index in [2.05, 4.69) is 4.98 Å². The molecular weight excluding hydrogens is 249 g/mol. The summed E-state index contributed by atoms with van der Waals surface area (Å²) in [4.78, 5) is 13.3. The van der Waals surface area contributed by atoms with E-state index in [9.17, 15) is 13.2 Å². The van der Waals surface area contributed by atoms with Crippen LogP contribution in [-0.2, 0) is 15.5 Å². The zero-order valence-corrected chi connectivity index (χ0v) is 9.50. The summed E-state index contributed by atoms with van der Waals surface area (Å²) in [5.41, 5.74) is 0.397. The molecule has 0 aliphatic heterocycles. The van der Waals surface area contributed by atoms with Crippen molar-refractivity contribution < 1.29 is 13.2 Å². The maximum atomic E-state index is 11.0. The molecule has 0 amide bonds. The van der Waals surface area contributed by atoms with Gasteiger partial charge in [-0.3, -0.25) is 4.79 Å². The van der Waals surface area contributed by atoms with Gasteiger partial charge in [-0.15, -0.1) is 0 Å². The van der Waals surface area contributed by atoms with Crippen LogP contribution >= 0.6 is 22.3 Å². The zero-order chi connectivity index (χ0) is 10.9. The van der Waals surface area contributed by atoms with Crippen LogP contribution in [0, 0.1) is 0 Å². The molecule has 1 rings (SSSR count). The highest BCUT2D eigenvalue weighted by atomic mass is 35.7. The Kier molecular flexibility index (Phi) is 3.24. The predicted octanol–water partition coefficient (Wildman–Crippen LogP) is 1.88. The van der Waals surface area contributed by atoms with Crippen LogP contribution in [0.4, 0.5) is 0 Å². The van der Waals surface area contributed by atoms with Gasteiger partial charge >= 0.3 is 0 Å². The van der Waals surface area contributed by atoms with Crippen molar-refractivity contribution >= 4 is 36.6 Å². The Morgan fingerprint density at radius 3 is 2.50 bits per heavy atom. The Morgan fingerprint density at radius 2 is 2.14 bits per heavy atom. The number of halogens is 2. The lowest BCUT2D eigenvalue weighted by Crippen LogP contribution is -1.98. The van der Waals surface area contributed by atoms with E-state index >= 15 is 0 Å². The van der Waals surface area contributed by atoms with E-state index in [4.69, 9.17) is 22.3 Å². The monoisotopic (exact) mass is 255 g/mol. The van der Waals surface area contributed by atoms with Gasteiger partial charge in [-0.2, -0.15) is 0 Å². The largest absolute Gasteiger partial charge is 0.356 e. The van der Waals surface area contributed by atoms with E-state index in [-0.39, 0.29) is 10.6 Å². The highest BCUT2D eigenvalue weighted by Crippen LogP contribution is 2.24. The quantitative estimate of drug-likeness (QED) is 0.839. The maximum Gasteiger partial charge on any atom is 0.268 e. The second-order valence-corrected chi connectivity index (χ2v) is 5.45. The van der Waals surface area contributed by atoms with Crippen LogP contribution in [0.15, 0.2) is 11.1 Å². The number of hydrogen-bond donors (Lipinski definition) is 1. The van der Waals surface area contributed by atoms with Gasteiger partial charge in [0.2, 0.25) is 0 Å². The van der Waals surface area contributed by atoms with Crippen molar-refractivity contribution in [2.75, 3.05) is 0 Å². The van der Waals surface area contributed by atoms with Crippen LogP contribution in [0.25, 0.3) is 0 Å². The number of carbonyl (C=O) groups excluding carboxylic acids is 1. The first kappa shape index (κ1) is 11.6. The molecule has 0 unspecified atom stereocenters. The normalized spacial score (nSPS) is 11.6. The summed E-state index contributed by atoms with van der Waals surface area (Å²) in [6.45, 7) is 1.71. The number of rotatable bonds is 3. The topological polar surface area (TPSA) is 67.0 Å². The summed E-state index contributed by atoms with van der Waals surface area (Å²) < 4.78 is 22.1. The fourth-order valence-electron chi connectivity index (χ4n) is 1.18. The smallest absolute Gasteiger partial charge is 0.268 e. The van der Waals surface area contributed by atoms with E-state index in [1.165, 1.54) is 0 Å². The molecule has 0 aromatic carbocycles. The molecular formula is C7H7Cl2NO3S. The number of H-pyrrole nitrogens is 1. The second kappa shape index (κ2) is 3.92. The third-order valence-corrected chi connectivity index (χ3v) is 3.34. The van der Waals surface area contributed by atoms with Crippen molar-refractivity contribution in [2.45, 2.75) is 18.2 Å². The lowest BCUT2D eigenvalue weighted by molar-refractivity contribution is 0.107. The first-order chi connectivity index (χ1) is 6.38. The van der Waals surface area contributed by atoms with Gasteiger partial charge in [-0.1, -0.05) is 6.92 Å². The molecule has 0 bridgehead atoms. The highest BCUT2D eigenvalue weighted by Gasteiger charge is 2.22. The first-order valence-electron chi connectivity index (χ1n) is 3.72. The molecule has 0 radical (unpaired) electrons. The van der Waals surface area contributed by atoms with Crippen LogP contribution in [0.3, 0.4) is 0 Å². The fraction of sp³-hybridized carbons (Fsp3) is 0.286. The van der Waals surface area contributed by atoms with E-state index in [1.54, 1.807) is 6.92 Å². The van der Waals surface area contributed by atoms with Crippen molar-refractivity contribution in [1.82, 2.24) is 4.98 Å². The molecule has 0 atom stereocenters. The minimum atomic E-state index is -3.83. The maximum absolute atomic E-state index is 11.0. The van der Waals surface area contributed by atoms with Gasteiger partial charge in [0, 0.05) is 22.4 Å². The standard InChI is InChI=1S/C7H7Cl2NO3S/c1-2-4-5(14(9,12)13)3-10-6(4)7(8)11/h3,10H,2H2,1H3. The summed E-state index contributed by atoms with van der Waals surface area (Å²) in [6.07, 6.45) is 1.52. The van der Waals surface area contributed by atoms with E-state index in [0.29, 0.717) is 12.0 Å². The van der Waals surface area contributed by atoms with Crippen molar-refractivity contribution in [2.24, 2.45) is 0 Å². The molecule has 1 aromatic heterocycles. The Bertz CT molecular complexity index is 463. The molecule has 7 heteroatoms. The van der Waals surface area contributed by atoms with Gasteiger partial charge in [0.15, 0.2) is 0 Å². The summed E-state index contributed by atoms with van der Waals surface area (Å²) in [7, 11) is 1.33. The Hall–Kier alpha value is -0.520. The lowest BCUT2D eigenvalue weighted by atomic mass is 10.2. The number of aromatic amines is 1. The van der Waals surface area contributed by atoms with E-state index < -0.39 is 14.3 Å². The molecule has 0 fully saturated rings. The third-order valence-electron chi connectivity index (χ3n) is 1.76. The van der Waals surface area contributed by atoms with E-state index in [1.807, 2.05) is 0 Å². The van der Waals surface area contributed by atoms with Crippen molar-refractivity contribution in [3.63, 3.8) is 0 Å². The number of aromatic nitrogens is 1. The van der Waals surface area contributed by atoms with Crippen LogP contribution in [0.2, 0.25) is 0 Å². The van der Waals surface area contributed by atoms with Crippen molar-refractivity contribution in [1.29, 1.82) is 0 Å². The molecule has 14 heavy (non-hydrogen) atoms. The van der Waals surface area contributed by atoms with Crippen LogP contribution in [-0.4, -0.2) is 18.6 Å². The molecule has 1 N–H and O–H groups in total. The van der Waals surface area contributed by atoms with Gasteiger partial charge in [0.25, 0.3) is 14.3 Å². The minimum Gasteiger partial charge on any atom is -0.356 e. The Balaban J connectivity index is 3.43. The van der Waals surface area contributed by atoms with Crippen molar-refractivity contribution in [3.05, 3.63) is 17.5 Å². The highest BCUT2D eigenvalue weighted by molar-refractivity contribution is 8.13. The molecule has 0 aliphatic carbocycles. The van der Waals surface area contributed by atoms with Crippen LogP contribution in [0.5, 0.6) is 0 Å². The lowest BCUT2D eigenvalue weighted by Gasteiger charge is -1.97. The molecule has 1 heterocycles. The average molecular weight is 256 g/mol. The summed E-state index contributed by atoms with van der Waals surface area (Å²) in [5.74, 6) is 0. The van der Waals surface area contributed by atoms with Crippen molar-refractivity contribution in [3.8, 4) is 0 Å². The molecule has 0 spiro atoms. The Labute approximate surface area is 90.6 Å². The predicted molar refractivity (Wildman–Crippen MR) is 53.4 cm³/mol. The van der Waals surface area contributed by atoms with Crippen LogP contribution < -0.4 is 0 Å². The first-order valence-corrected chi connectivity index (χ1v) is 6.41. The van der Waals surface area contributed by atoms with Gasteiger partial charge < -0.3 is 4.98 Å². The fourth-order valence-corrected chi connectivity index (χ4v) is 2.50. The number of carbonyl (C=O) groups is 1. The average Bonchev–Trinajstić information content (AvgIpc) is 2.45. The van der Waals surface area contributed by atoms with Gasteiger partial charge in [0.05, 0.1) is 0 Å². The molecule has 4 nitrogen and oxygen atoms in total. The molecule has 0 saturated heterocycles. The Morgan fingerprint density at radius 1 is 1.57 bits per heavy atom. The molecule has 1 aromatic rings. The SMILES string of the molecule is CCc1c(S(=O)(=O)Cl)c[nH]c1C(=O)Cl. The summed E-state index contributed by atoms with van der Waals surface area (Å²) >= 11 is 5.24. The third kappa shape index (κ3) is 2.10. The second-order valence-electron chi connectivity index (χ2n) is 2.57. The summed E-state index contributed by atoms with van der Waals surface area (Å²) in [5, 5.41) is -0.728. The van der Waals surface area contributed by atoms with Gasteiger partial charge in [-0.05, 0) is 18.0 Å². The molecule has 0 saturated carbocycles. The van der Waals surface area contributed by atoms with Gasteiger partial charge in [0.1, 0.15) is 10.6 Å². The van der Waals surface area contributed by atoms with E-state index in [0.717, 1.165) is 6.20 Å². The zero-order valence-electron chi connectivity index (χ0n) is 7.17. The molecule has 78 valence electrons. The minimum absolute atomic E-state index is 0.0772. The van der Waals surface area contributed by atoms with Crippen LogP contribution in [0.1, 0.15) is 23.0 Å². The molecule has 0 aliphatic rings.